The lowest BCUT2D eigenvalue weighted by atomic mass is 9.60. The van der Waals surface area contributed by atoms with Crippen molar-refractivity contribution < 1.29 is 15.3 Å². The van der Waals surface area contributed by atoms with E-state index in [1.807, 2.05) is 13.8 Å². The molecule has 6 atom stereocenters. The Balaban J connectivity index is 1.70. The second-order valence-corrected chi connectivity index (χ2v) is 11.3. The summed E-state index contributed by atoms with van der Waals surface area (Å²) in [6, 6.07) is 0. The highest BCUT2D eigenvalue weighted by Gasteiger charge is 2.50. The minimum atomic E-state index is -0.615. The van der Waals surface area contributed by atoms with Gasteiger partial charge in [0.2, 0.25) is 0 Å². The average molecular weight is 417 g/mol. The van der Waals surface area contributed by atoms with Crippen LogP contribution in [0.25, 0.3) is 0 Å². The van der Waals surface area contributed by atoms with Crippen LogP contribution in [-0.2, 0) is 0 Å². The van der Waals surface area contributed by atoms with Gasteiger partial charge in [-0.05, 0) is 93.1 Å². The van der Waals surface area contributed by atoms with Gasteiger partial charge < -0.3 is 15.3 Å². The first-order chi connectivity index (χ1) is 14.0. The van der Waals surface area contributed by atoms with Crippen LogP contribution < -0.4 is 0 Å². The van der Waals surface area contributed by atoms with Crippen molar-refractivity contribution in [3.63, 3.8) is 0 Å². The zero-order valence-corrected chi connectivity index (χ0v) is 19.7. The zero-order chi connectivity index (χ0) is 22.1. The van der Waals surface area contributed by atoms with Gasteiger partial charge in [0, 0.05) is 6.42 Å². The molecule has 3 rings (SSSR count). The van der Waals surface area contributed by atoms with Crippen molar-refractivity contribution in [2.45, 2.75) is 110 Å². The van der Waals surface area contributed by atoms with Crippen LogP contribution >= 0.6 is 0 Å². The first kappa shape index (κ1) is 23.8. The van der Waals surface area contributed by atoms with Crippen molar-refractivity contribution in [3.8, 4) is 0 Å². The fourth-order valence-electron chi connectivity index (χ4n) is 6.74. The van der Waals surface area contributed by atoms with Crippen molar-refractivity contribution in [1.29, 1.82) is 0 Å². The first-order valence-corrected chi connectivity index (χ1v) is 12.2. The second kappa shape index (κ2) is 9.30. The van der Waals surface area contributed by atoms with E-state index in [4.69, 9.17) is 0 Å². The maximum Gasteiger partial charge on any atom is 0.0811 e. The standard InChI is InChI=1S/C27H44O3/c1-18(8-6-14-26(3,4)30)23-12-13-24-20(9-7-15-27(23,24)5)10-11-21-16-22(28)17-25(29)19(21)2/h10-11,18,22-25,28-30H,2,6-9,12-17H2,1,3-5H3/b20-10+,21-11-/t18?,22-,23?,24?,25+,27-/m1/s1. The lowest BCUT2D eigenvalue weighted by molar-refractivity contribution is 0.0596. The Morgan fingerprint density at radius 2 is 1.97 bits per heavy atom. The number of hydrogen-bond acceptors (Lipinski definition) is 3. The third kappa shape index (κ3) is 5.29. The van der Waals surface area contributed by atoms with E-state index in [2.05, 4.69) is 32.6 Å². The summed E-state index contributed by atoms with van der Waals surface area (Å²) in [5.74, 6) is 2.11. The summed E-state index contributed by atoms with van der Waals surface area (Å²) in [5, 5.41) is 30.2. The van der Waals surface area contributed by atoms with Crippen molar-refractivity contribution >= 4 is 0 Å². The lowest BCUT2D eigenvalue weighted by Crippen LogP contribution is -2.36. The van der Waals surface area contributed by atoms with E-state index in [9.17, 15) is 15.3 Å². The third-order valence-electron chi connectivity index (χ3n) is 8.44. The summed E-state index contributed by atoms with van der Waals surface area (Å²) >= 11 is 0. The molecule has 0 bridgehead atoms. The molecule has 3 heteroatoms. The Morgan fingerprint density at radius 3 is 2.67 bits per heavy atom. The Bertz CT molecular complexity index is 683. The van der Waals surface area contributed by atoms with E-state index in [1.165, 1.54) is 38.5 Å². The van der Waals surface area contributed by atoms with Crippen LogP contribution in [0.1, 0.15) is 91.9 Å². The van der Waals surface area contributed by atoms with Gasteiger partial charge in [0.25, 0.3) is 0 Å². The molecule has 0 spiro atoms. The lowest BCUT2D eigenvalue weighted by Gasteiger charge is -2.44. The number of rotatable bonds is 6. The summed E-state index contributed by atoms with van der Waals surface area (Å²) in [6.07, 6.45) is 13.9. The number of aliphatic hydroxyl groups excluding tert-OH is 2. The average Bonchev–Trinajstić information content (AvgIpc) is 3.00. The molecule has 0 amide bonds. The first-order valence-electron chi connectivity index (χ1n) is 12.2. The van der Waals surface area contributed by atoms with Gasteiger partial charge in [0.05, 0.1) is 17.8 Å². The molecule has 0 aromatic rings. The van der Waals surface area contributed by atoms with E-state index in [1.54, 1.807) is 5.57 Å². The molecule has 30 heavy (non-hydrogen) atoms. The molecule has 0 aliphatic heterocycles. The van der Waals surface area contributed by atoms with Gasteiger partial charge in [-0.2, -0.15) is 0 Å². The van der Waals surface area contributed by atoms with Gasteiger partial charge in [0.1, 0.15) is 0 Å². The second-order valence-electron chi connectivity index (χ2n) is 11.3. The van der Waals surface area contributed by atoms with Crippen LogP contribution in [0.4, 0.5) is 0 Å². The van der Waals surface area contributed by atoms with Crippen molar-refractivity contribution in [2.75, 3.05) is 0 Å². The van der Waals surface area contributed by atoms with Crippen LogP contribution in [0, 0.1) is 23.2 Å². The molecular weight excluding hydrogens is 372 g/mol. The Hall–Kier alpha value is -0.900. The van der Waals surface area contributed by atoms with Crippen LogP contribution in [0.2, 0.25) is 0 Å². The van der Waals surface area contributed by atoms with Gasteiger partial charge in [0.15, 0.2) is 0 Å². The molecule has 3 aliphatic carbocycles. The number of allylic oxidation sites excluding steroid dienone is 3. The highest BCUT2D eigenvalue weighted by Crippen LogP contribution is 2.60. The summed E-state index contributed by atoms with van der Waals surface area (Å²) in [4.78, 5) is 0. The van der Waals surface area contributed by atoms with E-state index in [0.717, 1.165) is 29.9 Å². The summed E-state index contributed by atoms with van der Waals surface area (Å²) in [6.45, 7) is 12.8. The van der Waals surface area contributed by atoms with Crippen LogP contribution in [0.3, 0.4) is 0 Å². The fraction of sp³-hybridized carbons (Fsp3) is 0.778. The topological polar surface area (TPSA) is 60.7 Å². The number of hydrogen-bond donors (Lipinski definition) is 3. The van der Waals surface area contributed by atoms with Gasteiger partial charge in [-0.1, -0.05) is 51.0 Å². The van der Waals surface area contributed by atoms with Crippen molar-refractivity contribution in [2.24, 2.45) is 23.2 Å². The summed E-state index contributed by atoms with van der Waals surface area (Å²) < 4.78 is 0. The predicted molar refractivity (Wildman–Crippen MR) is 124 cm³/mol. The molecule has 3 aliphatic rings. The molecule has 170 valence electrons. The smallest absolute Gasteiger partial charge is 0.0811 e. The minimum Gasteiger partial charge on any atom is -0.393 e. The van der Waals surface area contributed by atoms with Gasteiger partial charge >= 0.3 is 0 Å². The molecule has 3 unspecified atom stereocenters. The highest BCUT2D eigenvalue weighted by molar-refractivity contribution is 5.38. The maximum absolute atomic E-state index is 10.1. The molecule has 0 aromatic heterocycles. The quantitative estimate of drug-likeness (QED) is 0.520. The predicted octanol–water partition coefficient (Wildman–Crippen LogP) is 5.70. The molecule has 3 N–H and O–H groups in total. The van der Waals surface area contributed by atoms with Gasteiger partial charge in [-0.25, -0.2) is 0 Å². The van der Waals surface area contributed by atoms with E-state index in [-0.39, 0.29) is 0 Å². The molecule has 0 radical (unpaired) electrons. The van der Waals surface area contributed by atoms with E-state index in [0.29, 0.717) is 30.1 Å². The zero-order valence-electron chi connectivity index (χ0n) is 19.7. The van der Waals surface area contributed by atoms with Crippen molar-refractivity contribution in [1.82, 2.24) is 0 Å². The van der Waals surface area contributed by atoms with Crippen LogP contribution in [0.15, 0.2) is 35.5 Å². The normalized spacial score (nSPS) is 38.8. The van der Waals surface area contributed by atoms with E-state index < -0.39 is 17.8 Å². The van der Waals surface area contributed by atoms with Gasteiger partial charge in [-0.15, -0.1) is 0 Å². The number of fused-ring (bicyclic) bond motifs is 1. The third-order valence-corrected chi connectivity index (χ3v) is 8.44. The Morgan fingerprint density at radius 1 is 1.23 bits per heavy atom. The van der Waals surface area contributed by atoms with Crippen molar-refractivity contribution in [3.05, 3.63) is 35.5 Å². The minimum absolute atomic E-state index is 0.374. The molecule has 3 fully saturated rings. The summed E-state index contributed by atoms with van der Waals surface area (Å²) in [5.41, 5.74) is 3.17. The molecule has 3 nitrogen and oxygen atoms in total. The molecule has 0 saturated heterocycles. The maximum atomic E-state index is 10.1. The SMILES string of the molecule is C=C1/C(=C\C=C2/CCC[C@@]3(C)C2CCC3C(C)CCCC(C)(C)O)C[C@@H](O)C[C@@H]1O. The Kier molecular flexibility index (Phi) is 7.37. The molecule has 3 saturated carbocycles. The molecule has 0 heterocycles. The number of aliphatic hydroxyl groups is 3. The Labute approximate surface area is 184 Å². The van der Waals surface area contributed by atoms with Crippen LogP contribution in [0.5, 0.6) is 0 Å². The summed E-state index contributed by atoms with van der Waals surface area (Å²) in [7, 11) is 0. The van der Waals surface area contributed by atoms with E-state index >= 15 is 0 Å². The van der Waals surface area contributed by atoms with Gasteiger partial charge in [-0.3, -0.25) is 0 Å². The largest absolute Gasteiger partial charge is 0.393 e. The monoisotopic (exact) mass is 416 g/mol. The molecule has 0 aromatic carbocycles. The highest BCUT2D eigenvalue weighted by atomic mass is 16.3. The fourth-order valence-corrected chi connectivity index (χ4v) is 6.74. The van der Waals surface area contributed by atoms with Crippen LogP contribution in [-0.4, -0.2) is 33.1 Å². The molecular formula is C27H44O3.